The predicted molar refractivity (Wildman–Crippen MR) is 64.6 cm³/mol. The molecule has 16 heavy (non-hydrogen) atoms. The molecule has 0 fully saturated rings. The molecular formula is C9H12Cl2N2O2S. The first-order valence-corrected chi connectivity index (χ1v) is 7.53. The Balaban J connectivity index is 3.09. The molecule has 0 N–H and O–H groups in total. The van der Waals surface area contributed by atoms with Gasteiger partial charge in [-0.3, -0.25) is 0 Å². The number of rotatable bonds is 4. The summed E-state index contributed by atoms with van der Waals surface area (Å²) in [5.41, 5.74) is 0.670. The van der Waals surface area contributed by atoms with Crippen molar-refractivity contribution in [2.45, 2.75) is 25.5 Å². The van der Waals surface area contributed by atoms with Crippen LogP contribution in [0.1, 0.15) is 24.7 Å². The van der Waals surface area contributed by atoms with Crippen molar-refractivity contribution in [3.63, 3.8) is 0 Å². The Labute approximate surface area is 105 Å². The lowest BCUT2D eigenvalue weighted by Gasteiger charge is -2.06. The molecule has 0 spiro atoms. The van der Waals surface area contributed by atoms with Crippen molar-refractivity contribution in [2.24, 2.45) is 0 Å². The molecule has 0 atom stereocenters. The van der Waals surface area contributed by atoms with Gasteiger partial charge in [-0.2, -0.15) is 0 Å². The van der Waals surface area contributed by atoms with Crippen molar-refractivity contribution >= 4 is 33.0 Å². The highest BCUT2D eigenvalue weighted by atomic mass is 35.5. The predicted octanol–water partition coefficient (Wildman–Crippen LogP) is 2.28. The number of sulfone groups is 1. The molecule has 90 valence electrons. The lowest BCUT2D eigenvalue weighted by molar-refractivity contribution is 0.599. The van der Waals surface area contributed by atoms with Gasteiger partial charge >= 0.3 is 0 Å². The van der Waals surface area contributed by atoms with E-state index in [4.69, 9.17) is 23.2 Å². The third-order valence-electron chi connectivity index (χ3n) is 1.84. The second kappa shape index (κ2) is 5.29. The average Bonchev–Trinajstić information content (AvgIpc) is 2.08. The fraction of sp³-hybridized carbons (Fsp3) is 0.556. The van der Waals surface area contributed by atoms with Gasteiger partial charge < -0.3 is 0 Å². The van der Waals surface area contributed by atoms with E-state index in [1.165, 1.54) is 0 Å². The van der Waals surface area contributed by atoms with E-state index in [0.29, 0.717) is 12.0 Å². The molecule has 4 nitrogen and oxygen atoms in total. The zero-order chi connectivity index (χ0) is 12.3. The minimum Gasteiger partial charge on any atom is -0.229 e. The molecule has 0 radical (unpaired) electrons. The van der Waals surface area contributed by atoms with Gasteiger partial charge in [0.15, 0.2) is 9.84 Å². The van der Waals surface area contributed by atoms with Crippen molar-refractivity contribution in [2.75, 3.05) is 6.26 Å². The number of hydrogen-bond acceptors (Lipinski definition) is 4. The molecule has 1 aromatic rings. The Kier molecular flexibility index (Phi) is 4.52. The average molecular weight is 283 g/mol. The van der Waals surface area contributed by atoms with Gasteiger partial charge in [0.1, 0.15) is 21.9 Å². The molecule has 0 aliphatic heterocycles. The first kappa shape index (κ1) is 13.7. The molecule has 0 aromatic carbocycles. The van der Waals surface area contributed by atoms with Crippen molar-refractivity contribution < 1.29 is 8.42 Å². The zero-order valence-electron chi connectivity index (χ0n) is 9.00. The fourth-order valence-electron chi connectivity index (χ4n) is 1.23. The Morgan fingerprint density at radius 1 is 1.19 bits per heavy atom. The van der Waals surface area contributed by atoms with Crippen LogP contribution in [0.4, 0.5) is 0 Å². The third kappa shape index (κ3) is 3.88. The van der Waals surface area contributed by atoms with E-state index in [0.717, 1.165) is 12.7 Å². The first-order valence-electron chi connectivity index (χ1n) is 4.72. The molecule has 0 amide bonds. The van der Waals surface area contributed by atoms with Gasteiger partial charge in [-0.05, 0) is 6.42 Å². The van der Waals surface area contributed by atoms with Crippen molar-refractivity contribution in [1.82, 2.24) is 9.97 Å². The molecular weight excluding hydrogens is 271 g/mol. The van der Waals surface area contributed by atoms with Crippen LogP contribution in [0, 0.1) is 0 Å². The van der Waals surface area contributed by atoms with Gasteiger partial charge in [0, 0.05) is 11.8 Å². The molecule has 0 saturated carbocycles. The smallest absolute Gasteiger partial charge is 0.154 e. The number of aromatic nitrogens is 2. The van der Waals surface area contributed by atoms with E-state index >= 15 is 0 Å². The van der Waals surface area contributed by atoms with Gasteiger partial charge in [0.2, 0.25) is 0 Å². The first-order chi connectivity index (χ1) is 7.33. The van der Waals surface area contributed by atoms with E-state index in [9.17, 15) is 8.42 Å². The summed E-state index contributed by atoms with van der Waals surface area (Å²) < 4.78 is 22.1. The number of nitrogens with zero attached hydrogens (tertiary/aromatic N) is 2. The van der Waals surface area contributed by atoms with Crippen molar-refractivity contribution in [3.8, 4) is 0 Å². The highest BCUT2D eigenvalue weighted by molar-refractivity contribution is 7.89. The molecule has 1 rings (SSSR count). The maximum atomic E-state index is 11.1. The highest BCUT2D eigenvalue weighted by Gasteiger charge is 2.14. The molecule has 0 unspecified atom stereocenters. The van der Waals surface area contributed by atoms with Crippen LogP contribution < -0.4 is 0 Å². The standard InChI is InChI=1S/C9H12Cl2N2O2S/c1-3-4-6-8(10)12-7(13-9(6)11)5-16(2,14)15/h3-5H2,1-2H3. The third-order valence-corrected chi connectivity index (χ3v) is 3.25. The topological polar surface area (TPSA) is 59.9 Å². The van der Waals surface area contributed by atoms with Crippen LogP contribution in [0.25, 0.3) is 0 Å². The van der Waals surface area contributed by atoms with Crippen molar-refractivity contribution in [1.29, 1.82) is 0 Å². The normalized spacial score (nSPS) is 11.8. The molecule has 1 aromatic heterocycles. The van der Waals surface area contributed by atoms with Gasteiger partial charge in [-0.1, -0.05) is 36.5 Å². The Hall–Kier alpha value is -0.390. The number of halogens is 2. The van der Waals surface area contributed by atoms with E-state index in [1.807, 2.05) is 6.92 Å². The SMILES string of the molecule is CCCc1c(Cl)nc(CS(C)(=O)=O)nc1Cl. The van der Waals surface area contributed by atoms with Crippen LogP contribution in [0.5, 0.6) is 0 Å². The van der Waals surface area contributed by atoms with E-state index in [-0.39, 0.29) is 21.9 Å². The van der Waals surface area contributed by atoms with Gasteiger partial charge in [-0.15, -0.1) is 0 Å². The minimum atomic E-state index is -3.18. The molecule has 1 heterocycles. The van der Waals surface area contributed by atoms with Crippen molar-refractivity contribution in [3.05, 3.63) is 21.7 Å². The zero-order valence-corrected chi connectivity index (χ0v) is 11.3. The van der Waals surface area contributed by atoms with Crippen LogP contribution in [-0.4, -0.2) is 24.6 Å². The second-order valence-corrected chi connectivity index (χ2v) is 6.38. The van der Waals surface area contributed by atoms with E-state index in [1.54, 1.807) is 0 Å². The summed E-state index contributed by atoms with van der Waals surface area (Å²) in [5.74, 6) is -0.115. The number of hydrogen-bond donors (Lipinski definition) is 0. The van der Waals surface area contributed by atoms with Crippen LogP contribution in [-0.2, 0) is 22.0 Å². The summed E-state index contributed by atoms with van der Waals surface area (Å²) in [7, 11) is -3.18. The van der Waals surface area contributed by atoms with Gasteiger partial charge in [0.25, 0.3) is 0 Å². The van der Waals surface area contributed by atoms with E-state index in [2.05, 4.69) is 9.97 Å². The molecule has 0 aliphatic rings. The lowest BCUT2D eigenvalue weighted by Crippen LogP contribution is -2.07. The summed E-state index contributed by atoms with van der Waals surface area (Å²) >= 11 is 11.8. The molecule has 0 aliphatic carbocycles. The van der Waals surface area contributed by atoms with Crippen LogP contribution in [0.2, 0.25) is 10.3 Å². The molecule has 0 saturated heterocycles. The highest BCUT2D eigenvalue weighted by Crippen LogP contribution is 2.23. The largest absolute Gasteiger partial charge is 0.229 e. The summed E-state index contributed by atoms with van der Waals surface area (Å²) in [5, 5.41) is 0.473. The maximum absolute atomic E-state index is 11.1. The lowest BCUT2D eigenvalue weighted by atomic mass is 10.2. The monoisotopic (exact) mass is 282 g/mol. The fourth-order valence-corrected chi connectivity index (χ4v) is 2.44. The summed E-state index contributed by atoms with van der Waals surface area (Å²) in [6, 6.07) is 0. The van der Waals surface area contributed by atoms with E-state index < -0.39 is 9.84 Å². The van der Waals surface area contributed by atoms with Crippen LogP contribution in [0.3, 0.4) is 0 Å². The van der Waals surface area contributed by atoms with Gasteiger partial charge in [-0.25, -0.2) is 18.4 Å². The van der Waals surface area contributed by atoms with Crippen LogP contribution in [0.15, 0.2) is 0 Å². The molecule has 0 bridgehead atoms. The van der Waals surface area contributed by atoms with Crippen LogP contribution >= 0.6 is 23.2 Å². The van der Waals surface area contributed by atoms with Gasteiger partial charge in [0.05, 0.1) is 0 Å². The summed E-state index contributed by atoms with van der Waals surface area (Å²) in [6.07, 6.45) is 2.66. The second-order valence-electron chi connectivity index (χ2n) is 3.52. The Bertz CT molecular complexity index is 465. The quantitative estimate of drug-likeness (QED) is 0.795. The Morgan fingerprint density at radius 2 is 1.69 bits per heavy atom. The summed E-state index contributed by atoms with van der Waals surface area (Å²) in [4.78, 5) is 7.86. The summed E-state index contributed by atoms with van der Waals surface area (Å²) in [6.45, 7) is 1.98. The maximum Gasteiger partial charge on any atom is 0.154 e. The minimum absolute atomic E-state index is 0.136. The Morgan fingerprint density at radius 3 is 2.06 bits per heavy atom. The molecule has 7 heteroatoms.